The average Bonchev–Trinajstić information content (AvgIpc) is 3.35. The van der Waals surface area contributed by atoms with Crippen LogP contribution < -0.4 is 5.43 Å². The molecule has 0 saturated carbocycles. The first kappa shape index (κ1) is 20.0. The molecule has 0 radical (unpaired) electrons. The second kappa shape index (κ2) is 7.52. The van der Waals surface area contributed by atoms with Crippen LogP contribution in [0.4, 0.5) is 13.2 Å². The van der Waals surface area contributed by atoms with Gasteiger partial charge in [0.2, 0.25) is 0 Å². The lowest BCUT2D eigenvalue weighted by Gasteiger charge is -2.11. The molecule has 0 aliphatic heterocycles. The summed E-state index contributed by atoms with van der Waals surface area (Å²) in [4.78, 5) is 25.5. The van der Waals surface area contributed by atoms with E-state index < -0.39 is 17.6 Å². The second-order valence-electron chi connectivity index (χ2n) is 6.58. The Morgan fingerprint density at radius 1 is 1.27 bits per heavy atom. The van der Waals surface area contributed by atoms with Crippen LogP contribution in [0.15, 0.2) is 42.2 Å². The zero-order valence-corrected chi connectivity index (χ0v) is 16.8. The summed E-state index contributed by atoms with van der Waals surface area (Å²) >= 11 is 1.39. The summed E-state index contributed by atoms with van der Waals surface area (Å²) in [5, 5.41) is 2.90. The zero-order chi connectivity index (χ0) is 21.5. The number of nitrogens with zero attached hydrogens (tertiary/aromatic N) is 4. The van der Waals surface area contributed by atoms with Crippen LogP contribution >= 0.6 is 11.3 Å². The Morgan fingerprint density at radius 2 is 2.07 bits per heavy atom. The van der Waals surface area contributed by atoms with Gasteiger partial charge in [0.1, 0.15) is 0 Å². The minimum Gasteiger partial charge on any atom is -0.267 e. The number of amides is 1. The Kier molecular flexibility index (Phi) is 5.02. The molecule has 0 unspecified atom stereocenters. The summed E-state index contributed by atoms with van der Waals surface area (Å²) in [5.41, 5.74) is 3.90. The van der Waals surface area contributed by atoms with Gasteiger partial charge in [0.05, 0.1) is 22.3 Å². The molecule has 0 spiro atoms. The van der Waals surface area contributed by atoms with E-state index in [2.05, 4.69) is 20.4 Å². The van der Waals surface area contributed by atoms with Crippen molar-refractivity contribution in [2.24, 2.45) is 0 Å². The monoisotopic (exact) mass is 431 g/mol. The predicted molar refractivity (Wildman–Crippen MR) is 108 cm³/mol. The fourth-order valence-corrected chi connectivity index (χ4v) is 3.72. The van der Waals surface area contributed by atoms with Crippen LogP contribution in [-0.2, 0) is 12.6 Å². The van der Waals surface area contributed by atoms with Crippen molar-refractivity contribution in [3.8, 4) is 10.8 Å². The van der Waals surface area contributed by atoms with Crippen LogP contribution in [0.3, 0.4) is 0 Å². The molecule has 6 nitrogen and oxygen atoms in total. The number of aromatic nitrogens is 4. The van der Waals surface area contributed by atoms with Gasteiger partial charge in [-0.3, -0.25) is 14.9 Å². The van der Waals surface area contributed by atoms with Gasteiger partial charge in [0.25, 0.3) is 5.91 Å². The molecule has 0 atom stereocenters. The Morgan fingerprint density at radius 3 is 2.70 bits per heavy atom. The van der Waals surface area contributed by atoms with Crippen molar-refractivity contribution in [2.45, 2.75) is 26.4 Å². The maximum absolute atomic E-state index is 13.1. The summed E-state index contributed by atoms with van der Waals surface area (Å²) < 4.78 is 40.7. The highest BCUT2D eigenvalue weighted by Crippen LogP contribution is 2.33. The van der Waals surface area contributed by atoms with Crippen molar-refractivity contribution in [2.75, 3.05) is 5.43 Å². The molecule has 0 saturated heterocycles. The molecule has 154 valence electrons. The van der Waals surface area contributed by atoms with Gasteiger partial charge in [-0.15, -0.1) is 11.3 Å². The fourth-order valence-electron chi connectivity index (χ4n) is 3.15. The fraction of sp³-hybridized carbons (Fsp3) is 0.200. The number of fused-ring (bicyclic) bond motifs is 1. The van der Waals surface area contributed by atoms with Crippen molar-refractivity contribution in [1.29, 1.82) is 0 Å². The standard InChI is InChI=1S/C20H16F3N5OS/c1-3-12-10-28(16-5-4-13(8-14(12)16)20(21,22)23)27-18(29)15-9-25-17(26-11(15)2)19-24-6-7-30-19/h4-10H,3H2,1-2H3,(H,27,29). The smallest absolute Gasteiger partial charge is 0.267 e. The summed E-state index contributed by atoms with van der Waals surface area (Å²) in [5.74, 6) is -0.0314. The molecule has 1 N–H and O–H groups in total. The van der Waals surface area contributed by atoms with Crippen molar-refractivity contribution in [3.05, 3.63) is 64.6 Å². The minimum absolute atomic E-state index is 0.266. The number of nitrogens with one attached hydrogen (secondary N) is 1. The molecule has 1 amide bonds. The lowest BCUT2D eigenvalue weighted by Crippen LogP contribution is -2.23. The van der Waals surface area contributed by atoms with E-state index >= 15 is 0 Å². The highest BCUT2D eigenvalue weighted by atomic mass is 32.1. The molecular formula is C20H16F3N5OS. The second-order valence-corrected chi connectivity index (χ2v) is 7.47. The number of halogens is 3. The zero-order valence-electron chi connectivity index (χ0n) is 16.0. The van der Waals surface area contributed by atoms with Gasteiger partial charge in [0, 0.05) is 29.4 Å². The third-order valence-electron chi connectivity index (χ3n) is 4.66. The topological polar surface area (TPSA) is 72.7 Å². The number of alkyl halides is 3. The lowest BCUT2D eigenvalue weighted by atomic mass is 10.1. The van der Waals surface area contributed by atoms with Crippen LogP contribution in [0.5, 0.6) is 0 Å². The van der Waals surface area contributed by atoms with Gasteiger partial charge < -0.3 is 0 Å². The molecular weight excluding hydrogens is 415 g/mol. The minimum atomic E-state index is -4.43. The first-order chi connectivity index (χ1) is 14.3. The summed E-state index contributed by atoms with van der Waals surface area (Å²) in [6.07, 6.45) is 0.779. The largest absolute Gasteiger partial charge is 0.416 e. The first-order valence-electron chi connectivity index (χ1n) is 9.04. The van der Waals surface area contributed by atoms with Gasteiger partial charge in [-0.2, -0.15) is 13.2 Å². The molecule has 3 aromatic heterocycles. The molecule has 1 aromatic carbocycles. The number of rotatable bonds is 4. The van der Waals surface area contributed by atoms with Crippen molar-refractivity contribution < 1.29 is 18.0 Å². The van der Waals surface area contributed by atoms with E-state index in [0.29, 0.717) is 39.4 Å². The third-order valence-corrected chi connectivity index (χ3v) is 5.43. The molecule has 0 fully saturated rings. The normalized spacial score (nSPS) is 11.8. The first-order valence-corrected chi connectivity index (χ1v) is 9.92. The van der Waals surface area contributed by atoms with Crippen molar-refractivity contribution >= 4 is 28.1 Å². The third kappa shape index (κ3) is 3.65. The quantitative estimate of drug-likeness (QED) is 0.502. The maximum atomic E-state index is 13.1. The van der Waals surface area contributed by atoms with E-state index in [1.54, 1.807) is 24.7 Å². The van der Waals surface area contributed by atoms with Gasteiger partial charge >= 0.3 is 6.18 Å². The summed E-state index contributed by atoms with van der Waals surface area (Å²) in [7, 11) is 0. The van der Waals surface area contributed by atoms with Gasteiger partial charge in [-0.05, 0) is 37.1 Å². The van der Waals surface area contributed by atoms with Gasteiger partial charge in [-0.1, -0.05) is 6.92 Å². The Hall–Kier alpha value is -3.27. The summed E-state index contributed by atoms with van der Waals surface area (Å²) in [6.45, 7) is 3.53. The Bertz CT molecular complexity index is 1230. The number of aryl methyl sites for hydroxylation is 2. The number of benzene rings is 1. The molecule has 10 heteroatoms. The maximum Gasteiger partial charge on any atom is 0.416 e. The van der Waals surface area contributed by atoms with E-state index in [-0.39, 0.29) is 5.56 Å². The van der Waals surface area contributed by atoms with Gasteiger partial charge in [0.15, 0.2) is 10.8 Å². The SMILES string of the molecule is CCc1cn(NC(=O)c2cnc(-c3nccs3)nc2C)c2ccc(C(F)(F)F)cc12. The van der Waals surface area contributed by atoms with E-state index in [9.17, 15) is 18.0 Å². The molecule has 4 rings (SSSR count). The van der Waals surface area contributed by atoms with Crippen LogP contribution in [0.25, 0.3) is 21.7 Å². The lowest BCUT2D eigenvalue weighted by molar-refractivity contribution is -0.137. The van der Waals surface area contributed by atoms with E-state index in [4.69, 9.17) is 0 Å². The van der Waals surface area contributed by atoms with Crippen LogP contribution in [-0.4, -0.2) is 25.5 Å². The highest BCUT2D eigenvalue weighted by molar-refractivity contribution is 7.13. The highest BCUT2D eigenvalue weighted by Gasteiger charge is 2.31. The van der Waals surface area contributed by atoms with Gasteiger partial charge in [-0.25, -0.2) is 15.0 Å². The number of hydrogen-bond donors (Lipinski definition) is 1. The number of carbonyl (C=O) groups is 1. The van der Waals surface area contributed by atoms with Crippen molar-refractivity contribution in [3.63, 3.8) is 0 Å². The van der Waals surface area contributed by atoms with Crippen LogP contribution in [0.1, 0.15) is 34.1 Å². The Labute approximate surface area is 173 Å². The molecule has 3 heterocycles. The molecule has 4 aromatic rings. The Balaban J connectivity index is 1.66. The number of carbonyl (C=O) groups excluding carboxylic acids is 1. The summed E-state index contributed by atoms with van der Waals surface area (Å²) in [6, 6.07) is 3.46. The van der Waals surface area contributed by atoms with Crippen molar-refractivity contribution in [1.82, 2.24) is 19.6 Å². The molecule has 0 aliphatic rings. The van der Waals surface area contributed by atoms with Crippen LogP contribution in [0.2, 0.25) is 0 Å². The van der Waals surface area contributed by atoms with E-state index in [1.165, 1.54) is 28.3 Å². The number of thiazole rings is 1. The average molecular weight is 431 g/mol. The van der Waals surface area contributed by atoms with E-state index in [1.807, 2.05) is 6.92 Å². The molecule has 0 aliphatic carbocycles. The number of hydrogen-bond acceptors (Lipinski definition) is 5. The predicted octanol–water partition coefficient (Wildman–Crippen LogP) is 4.83. The van der Waals surface area contributed by atoms with Crippen LogP contribution in [0, 0.1) is 6.92 Å². The molecule has 30 heavy (non-hydrogen) atoms. The molecule has 0 bridgehead atoms. The van der Waals surface area contributed by atoms with E-state index in [0.717, 1.165) is 12.1 Å².